The highest BCUT2D eigenvalue weighted by atomic mass is 14.6. The Bertz CT molecular complexity index is 173. The van der Waals surface area contributed by atoms with Crippen molar-refractivity contribution in [2.24, 2.45) is 23.2 Å². The van der Waals surface area contributed by atoms with Crippen LogP contribution in [0.15, 0.2) is 0 Å². The fourth-order valence-electron chi connectivity index (χ4n) is 4.24. The zero-order valence-corrected chi connectivity index (χ0v) is 6.77. The summed E-state index contributed by atoms with van der Waals surface area (Å²) >= 11 is 0. The second-order valence-electron chi connectivity index (χ2n) is 5.00. The first kappa shape index (κ1) is 5.62. The molecule has 4 unspecified atom stereocenters. The van der Waals surface area contributed by atoms with Gasteiger partial charge in [-0.1, -0.05) is 6.92 Å². The highest BCUT2D eigenvalue weighted by Crippen LogP contribution is 2.67. The van der Waals surface area contributed by atoms with Gasteiger partial charge in [0.2, 0.25) is 0 Å². The quantitative estimate of drug-likeness (QED) is 0.480. The van der Waals surface area contributed by atoms with Crippen molar-refractivity contribution in [3.63, 3.8) is 0 Å². The Kier molecular flexibility index (Phi) is 0.810. The predicted molar refractivity (Wildman–Crippen MR) is 41.7 cm³/mol. The van der Waals surface area contributed by atoms with Gasteiger partial charge in [0, 0.05) is 0 Å². The number of hydrogen-bond donors (Lipinski definition) is 0. The lowest BCUT2D eigenvalue weighted by molar-refractivity contribution is 0.192. The summed E-state index contributed by atoms with van der Waals surface area (Å²) in [5.41, 5.74) is 0.827. The molecule has 3 saturated carbocycles. The van der Waals surface area contributed by atoms with Crippen LogP contribution in [0.2, 0.25) is 0 Å². The summed E-state index contributed by atoms with van der Waals surface area (Å²) in [6.07, 6.45) is 7.86. The van der Waals surface area contributed by atoms with Crippen molar-refractivity contribution in [2.45, 2.75) is 39.0 Å². The molecule has 0 nitrogen and oxygen atoms in total. The summed E-state index contributed by atoms with van der Waals surface area (Å²) in [6, 6.07) is 0. The van der Waals surface area contributed by atoms with Crippen LogP contribution in [0.3, 0.4) is 0 Å². The molecule has 3 rings (SSSR count). The van der Waals surface area contributed by atoms with Crippen LogP contribution in [-0.4, -0.2) is 0 Å². The molecule has 0 radical (unpaired) electrons. The van der Waals surface area contributed by atoms with Crippen LogP contribution in [-0.2, 0) is 0 Å². The van der Waals surface area contributed by atoms with Crippen molar-refractivity contribution in [2.75, 3.05) is 0 Å². The lowest BCUT2D eigenvalue weighted by Gasteiger charge is -2.31. The van der Waals surface area contributed by atoms with Gasteiger partial charge in [0.25, 0.3) is 0 Å². The standard InChI is InChI=1S/C10H16/c1-10-5-4-8-7(6-10)2-3-9(8)10/h7-9H,2-6H2,1H3. The minimum Gasteiger partial charge on any atom is -0.0594 e. The molecular formula is C10H16. The van der Waals surface area contributed by atoms with Crippen LogP contribution in [0.4, 0.5) is 0 Å². The summed E-state index contributed by atoms with van der Waals surface area (Å²) < 4.78 is 0. The Hall–Kier alpha value is 0. The number of rotatable bonds is 0. The smallest absolute Gasteiger partial charge is 0.0292 e. The molecule has 0 saturated heterocycles. The highest BCUT2D eigenvalue weighted by Gasteiger charge is 2.58. The molecule has 4 atom stereocenters. The zero-order chi connectivity index (χ0) is 6.77. The molecule has 0 aromatic rings. The molecule has 0 N–H and O–H groups in total. The molecular weight excluding hydrogens is 120 g/mol. The normalized spacial score (nSPS) is 63.9. The van der Waals surface area contributed by atoms with Gasteiger partial charge in [-0.3, -0.25) is 0 Å². The van der Waals surface area contributed by atoms with Crippen molar-refractivity contribution < 1.29 is 0 Å². The van der Waals surface area contributed by atoms with Crippen LogP contribution < -0.4 is 0 Å². The second-order valence-corrected chi connectivity index (χ2v) is 5.00. The maximum atomic E-state index is 2.54. The topological polar surface area (TPSA) is 0 Å². The Morgan fingerprint density at radius 1 is 1.20 bits per heavy atom. The summed E-state index contributed by atoms with van der Waals surface area (Å²) in [5.74, 6) is 3.52. The maximum absolute atomic E-state index is 2.54. The van der Waals surface area contributed by atoms with Gasteiger partial charge < -0.3 is 0 Å². The molecule has 0 amide bonds. The van der Waals surface area contributed by atoms with E-state index in [9.17, 15) is 0 Å². The van der Waals surface area contributed by atoms with Crippen molar-refractivity contribution >= 4 is 0 Å². The van der Waals surface area contributed by atoms with Crippen LogP contribution in [0, 0.1) is 23.2 Å². The first-order valence-corrected chi connectivity index (χ1v) is 4.80. The summed E-state index contributed by atoms with van der Waals surface area (Å²) in [5, 5.41) is 0. The Morgan fingerprint density at radius 3 is 2.60 bits per heavy atom. The molecule has 0 aromatic carbocycles. The summed E-state index contributed by atoms with van der Waals surface area (Å²) in [7, 11) is 0. The highest BCUT2D eigenvalue weighted by molar-refractivity contribution is 5.08. The molecule has 10 heavy (non-hydrogen) atoms. The molecule has 0 heterocycles. The van der Waals surface area contributed by atoms with Crippen LogP contribution in [0.5, 0.6) is 0 Å². The minimum absolute atomic E-state index is 0.827. The largest absolute Gasteiger partial charge is 0.0594 e. The molecule has 0 heteroatoms. The molecule has 56 valence electrons. The molecule has 0 aromatic heterocycles. The molecule has 4 bridgehead atoms. The van der Waals surface area contributed by atoms with Crippen molar-refractivity contribution in [1.82, 2.24) is 0 Å². The lowest BCUT2D eigenvalue weighted by atomic mass is 9.74. The molecule has 0 spiro atoms. The van der Waals surface area contributed by atoms with E-state index in [0.29, 0.717) is 0 Å². The van der Waals surface area contributed by atoms with Crippen LogP contribution in [0.1, 0.15) is 39.0 Å². The average Bonchev–Trinajstić information content (AvgIpc) is 2.47. The van der Waals surface area contributed by atoms with Crippen molar-refractivity contribution in [3.05, 3.63) is 0 Å². The van der Waals surface area contributed by atoms with Crippen LogP contribution >= 0.6 is 0 Å². The minimum atomic E-state index is 0.827. The van der Waals surface area contributed by atoms with E-state index in [1.54, 1.807) is 32.1 Å². The third-order valence-electron chi connectivity index (χ3n) is 4.64. The van der Waals surface area contributed by atoms with E-state index < -0.39 is 0 Å². The third-order valence-corrected chi connectivity index (χ3v) is 4.64. The van der Waals surface area contributed by atoms with Gasteiger partial charge in [0.1, 0.15) is 0 Å². The van der Waals surface area contributed by atoms with Gasteiger partial charge in [0.15, 0.2) is 0 Å². The number of hydrogen-bond acceptors (Lipinski definition) is 0. The van der Waals surface area contributed by atoms with Gasteiger partial charge in [0.05, 0.1) is 0 Å². The first-order valence-electron chi connectivity index (χ1n) is 4.80. The summed E-state index contributed by atoms with van der Waals surface area (Å²) in [6.45, 7) is 2.54. The Labute approximate surface area is 63.0 Å². The molecule has 3 aliphatic rings. The van der Waals surface area contributed by atoms with Gasteiger partial charge in [-0.15, -0.1) is 0 Å². The van der Waals surface area contributed by atoms with E-state index in [4.69, 9.17) is 0 Å². The Balaban J connectivity index is 2.05. The monoisotopic (exact) mass is 136 g/mol. The van der Waals surface area contributed by atoms with Gasteiger partial charge in [-0.2, -0.15) is 0 Å². The fraction of sp³-hybridized carbons (Fsp3) is 1.00. The lowest BCUT2D eigenvalue weighted by Crippen LogP contribution is -2.21. The zero-order valence-electron chi connectivity index (χ0n) is 6.77. The van der Waals surface area contributed by atoms with Gasteiger partial charge in [-0.25, -0.2) is 0 Å². The van der Waals surface area contributed by atoms with E-state index in [-0.39, 0.29) is 0 Å². The van der Waals surface area contributed by atoms with E-state index in [1.165, 1.54) is 11.8 Å². The molecule has 3 fully saturated rings. The molecule has 3 aliphatic carbocycles. The molecule has 0 aliphatic heterocycles. The second kappa shape index (κ2) is 1.44. The van der Waals surface area contributed by atoms with E-state index in [0.717, 1.165) is 11.3 Å². The first-order chi connectivity index (χ1) is 4.80. The van der Waals surface area contributed by atoms with E-state index in [2.05, 4.69) is 6.92 Å². The SMILES string of the molecule is CC12CCC3C(CCC31)C2. The van der Waals surface area contributed by atoms with Crippen LogP contribution in [0.25, 0.3) is 0 Å². The maximum Gasteiger partial charge on any atom is -0.0292 e. The van der Waals surface area contributed by atoms with E-state index in [1.807, 2.05) is 0 Å². The predicted octanol–water partition coefficient (Wildman–Crippen LogP) is 2.83. The third kappa shape index (κ3) is 0.436. The van der Waals surface area contributed by atoms with Gasteiger partial charge in [-0.05, 0) is 55.3 Å². The Morgan fingerprint density at radius 2 is 2.10 bits per heavy atom. The summed E-state index contributed by atoms with van der Waals surface area (Å²) in [4.78, 5) is 0. The van der Waals surface area contributed by atoms with Crippen molar-refractivity contribution in [1.29, 1.82) is 0 Å². The van der Waals surface area contributed by atoms with Crippen molar-refractivity contribution in [3.8, 4) is 0 Å². The fourth-order valence-corrected chi connectivity index (χ4v) is 4.24. The van der Waals surface area contributed by atoms with Gasteiger partial charge >= 0.3 is 0 Å². The van der Waals surface area contributed by atoms with E-state index >= 15 is 0 Å². The average molecular weight is 136 g/mol.